The smallest absolute Gasteiger partial charge is 0.239 e. The van der Waals surface area contributed by atoms with E-state index in [-0.39, 0.29) is 36.4 Å². The number of rotatable bonds is 11. The van der Waals surface area contributed by atoms with E-state index in [4.69, 9.17) is 9.47 Å². The fourth-order valence-corrected chi connectivity index (χ4v) is 2.44. The third-order valence-corrected chi connectivity index (χ3v) is 4.19. The molecule has 1 aromatic carbocycles. The summed E-state index contributed by atoms with van der Waals surface area (Å²) in [6.07, 6.45) is 2.53. The van der Waals surface area contributed by atoms with Crippen LogP contribution in [0, 0.1) is 12.8 Å². The Kier molecular flexibility index (Phi) is 11.9. The highest BCUT2D eigenvalue weighted by molar-refractivity contribution is 14.0. The van der Waals surface area contributed by atoms with Gasteiger partial charge in [0.05, 0.1) is 26.3 Å². The quantitative estimate of drug-likeness (QED) is 0.186. The summed E-state index contributed by atoms with van der Waals surface area (Å²) in [5, 5.41) is 8.99. The Morgan fingerprint density at radius 3 is 2.71 bits per heavy atom. The number of halogens is 1. The van der Waals surface area contributed by atoms with Crippen molar-refractivity contribution in [2.45, 2.75) is 33.2 Å². The number of benzene rings is 1. The molecule has 1 aromatic rings. The molecular formula is C20H33IN4O3. The molecule has 1 amide bonds. The molecular weight excluding hydrogens is 471 g/mol. The molecule has 0 heterocycles. The first-order valence-corrected chi connectivity index (χ1v) is 9.62. The van der Waals surface area contributed by atoms with E-state index in [1.165, 1.54) is 18.4 Å². The number of carbonyl (C=O) groups excluding carboxylic acids is 1. The fourth-order valence-electron chi connectivity index (χ4n) is 2.44. The van der Waals surface area contributed by atoms with Gasteiger partial charge in [-0.25, -0.2) is 4.99 Å². The summed E-state index contributed by atoms with van der Waals surface area (Å²) in [6.45, 7) is 7.19. The zero-order valence-electron chi connectivity index (χ0n) is 17.0. The number of aryl methyl sites for hydroxylation is 1. The molecule has 0 unspecified atom stereocenters. The number of methoxy groups -OCH3 is 1. The van der Waals surface area contributed by atoms with E-state index in [1.807, 2.05) is 6.92 Å². The molecule has 0 radical (unpaired) electrons. The molecule has 0 bridgehead atoms. The molecule has 1 fully saturated rings. The predicted octanol–water partition coefficient (Wildman–Crippen LogP) is 2.22. The number of ether oxygens (including phenoxy) is 2. The molecule has 7 nitrogen and oxygen atoms in total. The van der Waals surface area contributed by atoms with Gasteiger partial charge in [0.15, 0.2) is 5.96 Å². The Balaban J connectivity index is 0.00000392. The number of aliphatic imine (C=N–C) groups is 1. The van der Waals surface area contributed by atoms with E-state index in [9.17, 15) is 4.79 Å². The molecule has 0 aromatic heterocycles. The molecule has 0 spiro atoms. The second kappa shape index (κ2) is 13.6. The van der Waals surface area contributed by atoms with E-state index in [1.54, 1.807) is 7.11 Å². The lowest BCUT2D eigenvalue weighted by atomic mass is 10.1. The maximum Gasteiger partial charge on any atom is 0.239 e. The van der Waals surface area contributed by atoms with E-state index < -0.39 is 0 Å². The molecule has 0 saturated heterocycles. The lowest BCUT2D eigenvalue weighted by Gasteiger charge is -2.13. The Labute approximate surface area is 185 Å². The summed E-state index contributed by atoms with van der Waals surface area (Å²) < 4.78 is 10.9. The summed E-state index contributed by atoms with van der Waals surface area (Å²) in [5.41, 5.74) is 2.22. The first-order valence-electron chi connectivity index (χ1n) is 9.62. The average Bonchev–Trinajstić information content (AvgIpc) is 3.48. The van der Waals surface area contributed by atoms with Crippen molar-refractivity contribution in [3.8, 4) is 5.75 Å². The highest BCUT2D eigenvalue weighted by Gasteiger charge is 2.22. The molecule has 1 saturated carbocycles. The minimum atomic E-state index is -0.0959. The molecule has 0 atom stereocenters. The van der Waals surface area contributed by atoms with Crippen LogP contribution in [0.4, 0.5) is 0 Å². The van der Waals surface area contributed by atoms with Crippen LogP contribution in [0.2, 0.25) is 0 Å². The van der Waals surface area contributed by atoms with Crippen LogP contribution in [0.15, 0.2) is 23.2 Å². The summed E-state index contributed by atoms with van der Waals surface area (Å²) in [6, 6.07) is 6.19. The minimum absolute atomic E-state index is 0. The van der Waals surface area contributed by atoms with Crippen LogP contribution in [0.1, 0.15) is 30.9 Å². The number of hydrogen-bond donors (Lipinski definition) is 3. The Bertz CT molecular complexity index is 636. The lowest BCUT2D eigenvalue weighted by Crippen LogP contribution is -2.43. The molecule has 8 heteroatoms. The lowest BCUT2D eigenvalue weighted by molar-refractivity contribution is -0.120. The normalized spacial score (nSPS) is 13.5. The standard InChI is InChI=1S/C20H32N4O3.HI/c1-4-21-20(24-13-19(25)22-9-10-26-3)23-12-17-8-5-15(2)11-18(17)27-14-16-6-7-16;/h5,8,11,16H,4,6-7,9-10,12-14H2,1-3H3,(H,22,25)(H2,21,23,24);1H. The second-order valence-electron chi connectivity index (χ2n) is 6.76. The van der Waals surface area contributed by atoms with E-state index in [2.05, 4.69) is 46.1 Å². The van der Waals surface area contributed by atoms with Gasteiger partial charge in [0.25, 0.3) is 0 Å². The zero-order valence-corrected chi connectivity index (χ0v) is 19.4. The number of hydrogen-bond acceptors (Lipinski definition) is 4. The highest BCUT2D eigenvalue weighted by Crippen LogP contribution is 2.30. The number of nitrogens with zero attached hydrogens (tertiary/aromatic N) is 1. The van der Waals surface area contributed by atoms with Gasteiger partial charge < -0.3 is 25.4 Å². The maximum atomic E-state index is 11.8. The maximum absolute atomic E-state index is 11.8. The molecule has 0 aliphatic heterocycles. The van der Waals surface area contributed by atoms with Crippen LogP contribution >= 0.6 is 24.0 Å². The van der Waals surface area contributed by atoms with Crippen molar-refractivity contribution in [3.05, 3.63) is 29.3 Å². The summed E-state index contributed by atoms with van der Waals surface area (Å²) in [7, 11) is 1.61. The summed E-state index contributed by atoms with van der Waals surface area (Å²) in [4.78, 5) is 16.4. The van der Waals surface area contributed by atoms with E-state index in [0.717, 1.165) is 24.5 Å². The molecule has 158 valence electrons. The van der Waals surface area contributed by atoms with Crippen LogP contribution < -0.4 is 20.7 Å². The molecule has 28 heavy (non-hydrogen) atoms. The molecule has 2 rings (SSSR count). The van der Waals surface area contributed by atoms with E-state index in [0.29, 0.717) is 31.6 Å². The summed E-state index contributed by atoms with van der Waals surface area (Å²) >= 11 is 0. The van der Waals surface area contributed by atoms with Gasteiger partial charge in [-0.1, -0.05) is 12.1 Å². The van der Waals surface area contributed by atoms with Crippen LogP contribution in [0.25, 0.3) is 0 Å². The van der Waals surface area contributed by atoms with Gasteiger partial charge in [0.2, 0.25) is 5.91 Å². The van der Waals surface area contributed by atoms with Crippen LogP contribution in [0.3, 0.4) is 0 Å². The van der Waals surface area contributed by atoms with Crippen molar-refractivity contribution in [2.75, 3.05) is 40.0 Å². The van der Waals surface area contributed by atoms with Crippen LogP contribution in [-0.4, -0.2) is 51.8 Å². The largest absolute Gasteiger partial charge is 0.493 e. The summed E-state index contributed by atoms with van der Waals surface area (Å²) in [5.74, 6) is 2.12. The Morgan fingerprint density at radius 2 is 2.04 bits per heavy atom. The van der Waals surface area contributed by atoms with Crippen molar-refractivity contribution in [1.82, 2.24) is 16.0 Å². The van der Waals surface area contributed by atoms with Crippen molar-refractivity contribution in [2.24, 2.45) is 10.9 Å². The third kappa shape index (κ3) is 9.59. The first kappa shape index (κ1) is 24.5. The van der Waals surface area contributed by atoms with Gasteiger partial charge in [-0.15, -0.1) is 24.0 Å². The number of carbonyl (C=O) groups is 1. The zero-order chi connectivity index (χ0) is 19.5. The minimum Gasteiger partial charge on any atom is -0.493 e. The Hall–Kier alpha value is -1.55. The molecule has 1 aliphatic rings. The van der Waals surface area contributed by atoms with Gasteiger partial charge in [0, 0.05) is 25.8 Å². The van der Waals surface area contributed by atoms with Crippen molar-refractivity contribution in [1.29, 1.82) is 0 Å². The fraction of sp³-hybridized carbons (Fsp3) is 0.600. The van der Waals surface area contributed by atoms with Gasteiger partial charge in [0.1, 0.15) is 5.75 Å². The van der Waals surface area contributed by atoms with Gasteiger partial charge in [-0.3, -0.25) is 4.79 Å². The third-order valence-electron chi connectivity index (χ3n) is 4.19. The number of guanidine groups is 1. The molecule has 1 aliphatic carbocycles. The van der Waals surface area contributed by atoms with Gasteiger partial charge in [-0.05, 0) is 44.2 Å². The van der Waals surface area contributed by atoms with Crippen molar-refractivity contribution in [3.63, 3.8) is 0 Å². The van der Waals surface area contributed by atoms with Gasteiger partial charge >= 0.3 is 0 Å². The monoisotopic (exact) mass is 504 g/mol. The van der Waals surface area contributed by atoms with Crippen molar-refractivity contribution < 1.29 is 14.3 Å². The molecule has 3 N–H and O–H groups in total. The SMILES string of the molecule is CCNC(=NCc1ccc(C)cc1OCC1CC1)NCC(=O)NCCOC.I. The Morgan fingerprint density at radius 1 is 1.25 bits per heavy atom. The predicted molar refractivity (Wildman–Crippen MR) is 123 cm³/mol. The van der Waals surface area contributed by atoms with Crippen molar-refractivity contribution >= 4 is 35.8 Å². The topological polar surface area (TPSA) is 84.0 Å². The van der Waals surface area contributed by atoms with Gasteiger partial charge in [-0.2, -0.15) is 0 Å². The van der Waals surface area contributed by atoms with E-state index >= 15 is 0 Å². The number of nitrogens with one attached hydrogen (secondary N) is 3. The van der Waals surface area contributed by atoms with Crippen LogP contribution in [-0.2, 0) is 16.1 Å². The first-order chi connectivity index (χ1) is 13.1. The average molecular weight is 504 g/mol. The second-order valence-corrected chi connectivity index (χ2v) is 6.76. The highest BCUT2D eigenvalue weighted by atomic mass is 127. The number of amides is 1. The van der Waals surface area contributed by atoms with Crippen LogP contribution in [0.5, 0.6) is 5.75 Å².